The van der Waals surface area contributed by atoms with Crippen LogP contribution in [0.5, 0.6) is 11.5 Å². The zero-order valence-electron chi connectivity index (χ0n) is 28.5. The molecule has 12 heteroatoms. The van der Waals surface area contributed by atoms with Crippen molar-refractivity contribution in [2.24, 2.45) is 0 Å². The highest BCUT2D eigenvalue weighted by Gasteiger charge is 2.54. The Morgan fingerprint density at radius 1 is 1.04 bits per heavy atom. The number of likely N-dealkylation sites (tertiary alicyclic amines) is 1. The first-order valence-electron chi connectivity index (χ1n) is 16.9. The van der Waals surface area contributed by atoms with Crippen LogP contribution in [0.3, 0.4) is 0 Å². The topological polar surface area (TPSA) is 127 Å². The van der Waals surface area contributed by atoms with Gasteiger partial charge in [-0.05, 0) is 60.7 Å². The van der Waals surface area contributed by atoms with Gasteiger partial charge in [0.1, 0.15) is 24.7 Å². The van der Waals surface area contributed by atoms with Crippen LogP contribution in [-0.4, -0.2) is 87.9 Å². The van der Waals surface area contributed by atoms with Gasteiger partial charge in [-0.1, -0.05) is 89.4 Å². The molecule has 272 valence electrons. The number of nitrogens with one attached hydrogen (secondary N) is 1. The van der Waals surface area contributed by atoms with E-state index in [1.54, 1.807) is 37.3 Å². The number of rotatable bonds is 17. The van der Waals surface area contributed by atoms with Gasteiger partial charge in [-0.15, -0.1) is 0 Å². The number of benzene rings is 3. The van der Waals surface area contributed by atoms with Crippen molar-refractivity contribution in [3.63, 3.8) is 0 Å². The smallest absolute Gasteiger partial charge is 0.179 e. The van der Waals surface area contributed by atoms with Crippen molar-refractivity contribution in [3.8, 4) is 17.6 Å². The van der Waals surface area contributed by atoms with E-state index in [0.29, 0.717) is 47.8 Å². The lowest BCUT2D eigenvalue weighted by Crippen LogP contribution is -2.53. The molecule has 0 radical (unpaired) electrons. The third-order valence-electron chi connectivity index (χ3n) is 9.22. The molecular formula is C39H44Cl3N3O6. The average molecular weight is 757 g/mol. The molecule has 1 aliphatic carbocycles. The van der Waals surface area contributed by atoms with E-state index < -0.39 is 15.5 Å². The van der Waals surface area contributed by atoms with Crippen molar-refractivity contribution in [1.82, 2.24) is 10.2 Å². The Morgan fingerprint density at radius 3 is 2.53 bits per heavy atom. The first-order chi connectivity index (χ1) is 24.5. The van der Waals surface area contributed by atoms with Crippen LogP contribution in [0.15, 0.2) is 85.0 Å². The minimum atomic E-state index is -1.56. The van der Waals surface area contributed by atoms with Gasteiger partial charge in [0.15, 0.2) is 9.93 Å². The lowest BCUT2D eigenvalue weighted by molar-refractivity contribution is -0.0429. The molecule has 3 aromatic rings. The summed E-state index contributed by atoms with van der Waals surface area (Å²) in [5.41, 5.74) is 1.19. The molecule has 1 saturated heterocycles. The van der Waals surface area contributed by atoms with Crippen LogP contribution in [0.1, 0.15) is 42.0 Å². The van der Waals surface area contributed by atoms with Gasteiger partial charge in [-0.25, -0.2) is 0 Å². The van der Waals surface area contributed by atoms with Gasteiger partial charge in [0.05, 0.1) is 41.5 Å². The maximum Gasteiger partial charge on any atom is 0.179 e. The Bertz CT molecular complexity index is 1730. The predicted molar refractivity (Wildman–Crippen MR) is 200 cm³/mol. The van der Waals surface area contributed by atoms with Gasteiger partial charge >= 0.3 is 0 Å². The largest absolute Gasteiger partial charge is 0.488 e. The molecule has 0 bridgehead atoms. The number of hydrogen-bond donors (Lipinski definition) is 4. The van der Waals surface area contributed by atoms with E-state index in [4.69, 9.17) is 49.0 Å². The number of hydrogen-bond acceptors (Lipinski definition) is 9. The van der Waals surface area contributed by atoms with Gasteiger partial charge < -0.3 is 39.7 Å². The van der Waals surface area contributed by atoms with Crippen LogP contribution in [0.25, 0.3) is 5.57 Å². The van der Waals surface area contributed by atoms with Gasteiger partial charge in [-0.2, -0.15) is 5.26 Å². The number of allylic oxidation sites excluding steroid dienone is 2. The third kappa shape index (κ3) is 9.65. The van der Waals surface area contributed by atoms with Gasteiger partial charge in [0.2, 0.25) is 0 Å². The zero-order chi connectivity index (χ0) is 36.5. The van der Waals surface area contributed by atoms with Crippen molar-refractivity contribution < 1.29 is 29.5 Å². The summed E-state index contributed by atoms with van der Waals surface area (Å²) in [6.07, 6.45) is 6.69. The molecular weight excluding hydrogens is 713 g/mol. The summed E-state index contributed by atoms with van der Waals surface area (Å²) in [7, 11) is 0. The van der Waals surface area contributed by atoms with E-state index in [1.165, 1.54) is 0 Å². The molecule has 0 saturated carbocycles. The van der Waals surface area contributed by atoms with Crippen LogP contribution in [-0.2, 0) is 17.9 Å². The van der Waals surface area contributed by atoms with Crippen LogP contribution in [0.2, 0.25) is 5.02 Å². The predicted octanol–water partition coefficient (Wildman–Crippen LogP) is 6.04. The maximum absolute atomic E-state index is 9.95. The monoisotopic (exact) mass is 755 g/mol. The van der Waals surface area contributed by atoms with Gasteiger partial charge in [0.25, 0.3) is 0 Å². The summed E-state index contributed by atoms with van der Waals surface area (Å²) in [6, 6.07) is 22.3. The average Bonchev–Trinajstić information content (AvgIpc) is 3.57. The molecule has 51 heavy (non-hydrogen) atoms. The molecule has 3 aromatic carbocycles. The number of β-amino-alcohol motifs (C(OH)–C–C–N with tert-alkyl or cyclic N) is 1. The second-order valence-corrected chi connectivity index (χ2v) is 15.0. The zero-order valence-corrected chi connectivity index (χ0v) is 30.8. The maximum atomic E-state index is 9.95. The van der Waals surface area contributed by atoms with Gasteiger partial charge in [0, 0.05) is 44.4 Å². The molecule has 2 aliphatic rings. The standard InChI is InChI=1S/C39H44Cl3N3O6/c1-37(25-46,26-47)44-22-31-19-34(40)36(20-35(31)49-24-29-9-5-8-28(18-29)21-43)50-27-38(51-17-7-15-45-16-13-32(48)23-45)14-6-12-33(39(38,41)42)30-10-3-2-4-11-30/h2-6,8-12,14,18-20,32,44,46-48H,7,13,15-17,22-27H2,1H3/t32?,38-/m1/s1. The summed E-state index contributed by atoms with van der Waals surface area (Å²) in [4.78, 5) is 2.20. The third-order valence-corrected chi connectivity index (χ3v) is 10.6. The highest BCUT2D eigenvalue weighted by Crippen LogP contribution is 2.50. The second-order valence-electron chi connectivity index (χ2n) is 13.2. The minimum Gasteiger partial charge on any atom is -0.488 e. The molecule has 0 amide bonds. The van der Waals surface area contributed by atoms with Crippen LogP contribution >= 0.6 is 34.8 Å². The fraction of sp³-hybridized carbons (Fsp3) is 0.410. The summed E-state index contributed by atoms with van der Waals surface area (Å²) < 4.78 is 17.8. The molecule has 1 fully saturated rings. The minimum absolute atomic E-state index is 0.100. The van der Waals surface area contributed by atoms with E-state index in [2.05, 4.69) is 16.3 Å². The normalized spacial score (nSPS) is 20.2. The Morgan fingerprint density at radius 2 is 1.82 bits per heavy atom. The summed E-state index contributed by atoms with van der Waals surface area (Å²) in [6.45, 7) is 3.95. The van der Waals surface area contributed by atoms with Crippen molar-refractivity contribution in [3.05, 3.63) is 112 Å². The molecule has 1 unspecified atom stereocenters. The molecule has 5 rings (SSSR count). The van der Waals surface area contributed by atoms with E-state index in [9.17, 15) is 20.6 Å². The molecule has 2 atom stereocenters. The van der Waals surface area contributed by atoms with Crippen LogP contribution in [0, 0.1) is 11.3 Å². The lowest BCUT2D eigenvalue weighted by atomic mass is 9.85. The van der Waals surface area contributed by atoms with E-state index in [1.807, 2.05) is 54.6 Å². The highest BCUT2D eigenvalue weighted by atomic mass is 35.5. The first-order valence-corrected chi connectivity index (χ1v) is 18.1. The van der Waals surface area contributed by atoms with Crippen molar-refractivity contribution in [1.29, 1.82) is 5.26 Å². The molecule has 4 N–H and O–H groups in total. The molecule has 1 heterocycles. The van der Waals surface area contributed by atoms with Crippen molar-refractivity contribution in [2.45, 2.75) is 54.5 Å². The summed E-state index contributed by atoms with van der Waals surface area (Å²) in [5.74, 6) is 0.743. The number of alkyl halides is 2. The summed E-state index contributed by atoms with van der Waals surface area (Å²) in [5, 5.41) is 42.5. The van der Waals surface area contributed by atoms with E-state index >= 15 is 0 Å². The fourth-order valence-corrected chi connectivity index (χ4v) is 6.94. The highest BCUT2D eigenvalue weighted by molar-refractivity contribution is 6.55. The number of halogens is 3. The molecule has 9 nitrogen and oxygen atoms in total. The van der Waals surface area contributed by atoms with Crippen LogP contribution in [0.4, 0.5) is 0 Å². The van der Waals surface area contributed by atoms with E-state index in [-0.39, 0.29) is 44.1 Å². The molecule has 1 aliphatic heterocycles. The molecule has 0 spiro atoms. The molecule has 0 aromatic heterocycles. The van der Waals surface area contributed by atoms with Crippen molar-refractivity contribution in [2.75, 3.05) is 46.1 Å². The number of nitrogens with zero attached hydrogens (tertiary/aromatic N) is 2. The van der Waals surface area contributed by atoms with Crippen molar-refractivity contribution >= 4 is 40.4 Å². The Labute approximate surface area is 314 Å². The summed E-state index contributed by atoms with van der Waals surface area (Å²) >= 11 is 21.4. The Hall–Kier alpha value is -3.14. The second kappa shape index (κ2) is 17.6. The first kappa shape index (κ1) is 39.1. The fourth-order valence-electron chi connectivity index (χ4n) is 6.02. The number of nitriles is 1. The Balaban J connectivity index is 1.41. The number of ether oxygens (including phenoxy) is 3. The number of aliphatic hydroxyl groups excluding tert-OH is 3. The van der Waals surface area contributed by atoms with Crippen LogP contribution < -0.4 is 14.8 Å². The SMILES string of the molecule is CC(CO)(CO)NCc1cc(Cl)c(OC[C@]2(OCCCN3CCC(O)C3)C=CC=C(c3ccccc3)C2(Cl)Cl)cc1OCc1cccc(C#N)c1. The van der Waals surface area contributed by atoms with E-state index in [0.717, 1.165) is 30.6 Å². The Kier molecular flexibility index (Phi) is 13.5. The van der Waals surface area contributed by atoms with Gasteiger partial charge in [-0.3, -0.25) is 0 Å². The quantitative estimate of drug-likeness (QED) is 0.0964. The lowest BCUT2D eigenvalue weighted by Gasteiger charge is -2.43. The number of aliphatic hydroxyl groups is 3.